The Morgan fingerprint density at radius 1 is 1.17 bits per heavy atom. The topological polar surface area (TPSA) is 105 Å². The molecule has 29 heavy (non-hydrogen) atoms. The van der Waals surface area contributed by atoms with Gasteiger partial charge in [-0.1, -0.05) is 30.3 Å². The highest BCUT2D eigenvalue weighted by Crippen LogP contribution is 2.18. The lowest BCUT2D eigenvalue weighted by Crippen LogP contribution is -2.44. The van der Waals surface area contributed by atoms with E-state index < -0.39 is 29.9 Å². The van der Waals surface area contributed by atoms with Crippen LogP contribution >= 0.6 is 0 Å². The van der Waals surface area contributed by atoms with Gasteiger partial charge in [-0.3, -0.25) is 0 Å². The summed E-state index contributed by atoms with van der Waals surface area (Å²) in [5, 5.41) is 12.1. The minimum absolute atomic E-state index is 0.123. The number of nitrogens with zero attached hydrogens (tertiary/aromatic N) is 1. The Morgan fingerprint density at radius 3 is 2.34 bits per heavy atom. The molecule has 1 heterocycles. The molecule has 1 saturated heterocycles. The maximum absolute atomic E-state index is 12.4. The van der Waals surface area contributed by atoms with Crippen molar-refractivity contribution in [3.8, 4) is 0 Å². The molecule has 160 valence electrons. The molecule has 8 nitrogen and oxygen atoms in total. The molecule has 1 unspecified atom stereocenters. The smallest absolute Gasteiger partial charge is 0.410 e. The number of amides is 2. The molecular weight excluding hydrogens is 376 g/mol. The predicted molar refractivity (Wildman–Crippen MR) is 107 cm³/mol. The van der Waals surface area contributed by atoms with E-state index in [0.29, 0.717) is 32.5 Å². The average molecular weight is 406 g/mol. The van der Waals surface area contributed by atoms with Crippen LogP contribution in [0, 0.1) is 5.92 Å². The summed E-state index contributed by atoms with van der Waals surface area (Å²) in [4.78, 5) is 37.1. The lowest BCUT2D eigenvalue weighted by atomic mass is 9.97. The molecule has 0 saturated carbocycles. The first-order valence-electron chi connectivity index (χ1n) is 9.83. The number of carbonyl (C=O) groups excluding carboxylic acids is 2. The third-order valence-corrected chi connectivity index (χ3v) is 4.59. The van der Waals surface area contributed by atoms with Crippen LogP contribution in [0.2, 0.25) is 0 Å². The van der Waals surface area contributed by atoms with E-state index in [9.17, 15) is 19.5 Å². The molecular formula is C21H30N2O6. The van der Waals surface area contributed by atoms with Gasteiger partial charge in [-0.05, 0) is 45.1 Å². The van der Waals surface area contributed by atoms with E-state index in [-0.39, 0.29) is 12.3 Å². The first-order valence-corrected chi connectivity index (χ1v) is 9.83. The van der Waals surface area contributed by atoms with Crippen molar-refractivity contribution < 1.29 is 29.0 Å². The third-order valence-electron chi connectivity index (χ3n) is 4.59. The molecule has 2 rings (SSSR count). The number of carboxylic acid groups (broad SMARTS) is 1. The van der Waals surface area contributed by atoms with Gasteiger partial charge in [-0.25, -0.2) is 14.4 Å². The van der Waals surface area contributed by atoms with Gasteiger partial charge >= 0.3 is 18.2 Å². The van der Waals surface area contributed by atoms with Crippen molar-refractivity contribution in [2.45, 2.75) is 51.7 Å². The van der Waals surface area contributed by atoms with E-state index in [1.807, 2.05) is 18.2 Å². The molecule has 1 aliphatic heterocycles. The Balaban J connectivity index is 1.77. The monoisotopic (exact) mass is 406 g/mol. The first-order chi connectivity index (χ1) is 13.6. The number of piperidine rings is 1. The van der Waals surface area contributed by atoms with Crippen molar-refractivity contribution in [2.24, 2.45) is 5.92 Å². The van der Waals surface area contributed by atoms with Crippen molar-refractivity contribution in [3.63, 3.8) is 0 Å². The van der Waals surface area contributed by atoms with E-state index in [1.165, 1.54) is 4.90 Å². The fourth-order valence-electron chi connectivity index (χ4n) is 3.07. The lowest BCUT2D eigenvalue weighted by molar-refractivity contribution is -0.147. The number of nitrogens with one attached hydrogen (secondary N) is 1. The van der Waals surface area contributed by atoms with Gasteiger partial charge in [0.05, 0.1) is 0 Å². The van der Waals surface area contributed by atoms with Crippen LogP contribution in [0.1, 0.15) is 39.2 Å². The van der Waals surface area contributed by atoms with Crippen LogP contribution in [0.25, 0.3) is 0 Å². The minimum atomic E-state index is -1.23. The highest BCUT2D eigenvalue weighted by atomic mass is 16.6. The van der Waals surface area contributed by atoms with E-state index in [0.717, 1.165) is 5.56 Å². The second-order valence-electron chi connectivity index (χ2n) is 8.21. The maximum atomic E-state index is 12.4. The average Bonchev–Trinajstić information content (AvgIpc) is 2.65. The Morgan fingerprint density at radius 2 is 1.79 bits per heavy atom. The van der Waals surface area contributed by atoms with E-state index in [4.69, 9.17) is 9.47 Å². The Hall–Kier alpha value is -2.77. The van der Waals surface area contributed by atoms with E-state index in [2.05, 4.69) is 5.32 Å². The SMILES string of the molecule is CC(C)(C)OC(=O)NCC1CCN(C(=O)OC(Cc2ccccc2)C(=O)O)CC1. The van der Waals surface area contributed by atoms with E-state index in [1.54, 1.807) is 32.9 Å². The molecule has 1 aromatic rings. The number of carboxylic acids is 1. The van der Waals surface area contributed by atoms with Crippen molar-refractivity contribution in [1.29, 1.82) is 0 Å². The largest absolute Gasteiger partial charge is 0.478 e. The van der Waals surface area contributed by atoms with Gasteiger partial charge in [0.25, 0.3) is 0 Å². The lowest BCUT2D eigenvalue weighted by Gasteiger charge is -2.32. The van der Waals surface area contributed by atoms with Gasteiger partial charge in [-0.15, -0.1) is 0 Å². The molecule has 2 N–H and O–H groups in total. The fraction of sp³-hybridized carbons (Fsp3) is 0.571. The number of alkyl carbamates (subject to hydrolysis) is 1. The first kappa shape index (κ1) is 22.5. The van der Waals surface area contributed by atoms with Crippen LogP contribution in [-0.4, -0.2) is 59.5 Å². The number of aliphatic carboxylic acids is 1. The number of carbonyl (C=O) groups is 3. The second-order valence-corrected chi connectivity index (χ2v) is 8.21. The van der Waals surface area contributed by atoms with Crippen LogP contribution in [0.4, 0.5) is 9.59 Å². The summed E-state index contributed by atoms with van der Waals surface area (Å²) >= 11 is 0. The van der Waals surface area contributed by atoms with Gasteiger partial charge in [0.2, 0.25) is 6.10 Å². The molecule has 0 aromatic heterocycles. The summed E-state index contributed by atoms with van der Waals surface area (Å²) in [6.45, 7) is 6.80. The summed E-state index contributed by atoms with van der Waals surface area (Å²) in [7, 11) is 0. The van der Waals surface area contributed by atoms with Crippen molar-refractivity contribution in [3.05, 3.63) is 35.9 Å². The minimum Gasteiger partial charge on any atom is -0.478 e. The molecule has 0 radical (unpaired) electrons. The molecule has 0 bridgehead atoms. The van der Waals surface area contributed by atoms with Crippen LogP contribution in [0.3, 0.4) is 0 Å². The zero-order chi connectivity index (χ0) is 21.4. The molecule has 1 aliphatic rings. The van der Waals surface area contributed by atoms with Crippen LogP contribution in [0.15, 0.2) is 30.3 Å². The van der Waals surface area contributed by atoms with Gasteiger partial charge in [-0.2, -0.15) is 0 Å². The standard InChI is InChI=1S/C21H30N2O6/c1-21(2,3)29-19(26)22-14-16-9-11-23(12-10-16)20(27)28-17(18(24)25)13-15-7-5-4-6-8-15/h4-8,16-17H,9-14H2,1-3H3,(H,22,26)(H,24,25). The zero-order valence-corrected chi connectivity index (χ0v) is 17.2. The molecule has 1 aromatic carbocycles. The second kappa shape index (κ2) is 10.1. The van der Waals surface area contributed by atoms with Crippen molar-refractivity contribution >= 4 is 18.2 Å². The molecule has 0 spiro atoms. The number of hydrogen-bond acceptors (Lipinski definition) is 5. The van der Waals surface area contributed by atoms with Crippen LogP contribution < -0.4 is 5.32 Å². The highest BCUT2D eigenvalue weighted by molar-refractivity contribution is 5.77. The number of likely N-dealkylation sites (tertiary alicyclic amines) is 1. The fourth-order valence-corrected chi connectivity index (χ4v) is 3.07. The maximum Gasteiger partial charge on any atom is 0.410 e. The van der Waals surface area contributed by atoms with Crippen molar-refractivity contribution in [2.75, 3.05) is 19.6 Å². The zero-order valence-electron chi connectivity index (χ0n) is 17.2. The molecule has 2 amide bonds. The van der Waals surface area contributed by atoms with E-state index >= 15 is 0 Å². The number of hydrogen-bond donors (Lipinski definition) is 2. The Labute approximate surface area is 171 Å². The summed E-state index contributed by atoms with van der Waals surface area (Å²) in [6.07, 6.45) is -0.784. The number of ether oxygens (including phenoxy) is 2. The molecule has 0 aliphatic carbocycles. The summed E-state index contributed by atoms with van der Waals surface area (Å²) < 4.78 is 10.5. The summed E-state index contributed by atoms with van der Waals surface area (Å²) in [5.74, 6) is -0.940. The van der Waals surface area contributed by atoms with Crippen molar-refractivity contribution in [1.82, 2.24) is 10.2 Å². The number of benzene rings is 1. The Bertz CT molecular complexity index is 693. The van der Waals surface area contributed by atoms with Gasteiger partial charge in [0.1, 0.15) is 5.60 Å². The van der Waals surface area contributed by atoms with Gasteiger partial charge < -0.3 is 24.8 Å². The summed E-state index contributed by atoms with van der Waals surface area (Å²) in [5.41, 5.74) is 0.247. The van der Waals surface area contributed by atoms with Gasteiger partial charge in [0, 0.05) is 26.1 Å². The molecule has 1 fully saturated rings. The Kier molecular flexibility index (Phi) is 7.87. The van der Waals surface area contributed by atoms with Crippen LogP contribution in [0.5, 0.6) is 0 Å². The van der Waals surface area contributed by atoms with Crippen LogP contribution in [-0.2, 0) is 20.7 Å². The quantitative estimate of drug-likeness (QED) is 0.752. The molecule has 8 heteroatoms. The number of rotatable bonds is 6. The highest BCUT2D eigenvalue weighted by Gasteiger charge is 2.29. The van der Waals surface area contributed by atoms with Gasteiger partial charge in [0.15, 0.2) is 0 Å². The predicted octanol–water partition coefficient (Wildman–Crippen LogP) is 3.06. The summed E-state index contributed by atoms with van der Waals surface area (Å²) in [6, 6.07) is 9.06. The molecule has 1 atom stereocenters. The third kappa shape index (κ3) is 8.01. The normalized spacial score (nSPS) is 16.0.